The molecule has 0 fully saturated rings. The van der Waals surface area contributed by atoms with Crippen LogP contribution in [0.3, 0.4) is 0 Å². The Morgan fingerprint density at radius 3 is 2.75 bits per heavy atom. The second-order valence-electron chi connectivity index (χ2n) is 5.09. The first-order valence-electron chi connectivity index (χ1n) is 7.46. The molecule has 1 aromatic heterocycles. The van der Waals surface area contributed by atoms with Gasteiger partial charge in [-0.15, -0.1) is 0 Å². The van der Waals surface area contributed by atoms with Gasteiger partial charge in [0.05, 0.1) is 6.54 Å². The third-order valence-electron chi connectivity index (χ3n) is 3.30. The van der Waals surface area contributed by atoms with E-state index in [1.165, 1.54) is 12.3 Å². The maximum absolute atomic E-state index is 11.8. The van der Waals surface area contributed by atoms with Crippen LogP contribution in [-0.4, -0.2) is 42.7 Å². The molecule has 3 rings (SSSR count). The van der Waals surface area contributed by atoms with Crippen molar-refractivity contribution < 1.29 is 23.8 Å². The van der Waals surface area contributed by atoms with Crippen LogP contribution in [-0.2, 0) is 9.53 Å². The van der Waals surface area contributed by atoms with Crippen LogP contribution in [0.25, 0.3) is 0 Å². The van der Waals surface area contributed by atoms with Gasteiger partial charge in [0.15, 0.2) is 18.1 Å². The Bertz CT molecular complexity index is 720. The lowest BCUT2D eigenvalue weighted by Gasteiger charge is -2.26. The number of amides is 1. The van der Waals surface area contributed by atoms with Gasteiger partial charge in [0, 0.05) is 6.20 Å². The van der Waals surface area contributed by atoms with Crippen LogP contribution in [0.4, 0.5) is 0 Å². The van der Waals surface area contributed by atoms with Gasteiger partial charge in [-0.3, -0.25) is 4.79 Å². The fraction of sp³-hybridized carbons (Fsp3) is 0.235. The van der Waals surface area contributed by atoms with Gasteiger partial charge in [-0.1, -0.05) is 18.2 Å². The number of pyridine rings is 1. The zero-order valence-corrected chi connectivity index (χ0v) is 12.8. The molecule has 1 N–H and O–H groups in total. The first kappa shape index (κ1) is 15.8. The predicted octanol–water partition coefficient (Wildman–Crippen LogP) is 1.19. The van der Waals surface area contributed by atoms with E-state index in [1.54, 1.807) is 18.2 Å². The van der Waals surface area contributed by atoms with E-state index >= 15 is 0 Å². The van der Waals surface area contributed by atoms with E-state index in [1.807, 2.05) is 18.2 Å². The lowest BCUT2D eigenvalue weighted by molar-refractivity contribution is -0.124. The number of carbonyl (C=O) groups excluding carboxylic acids is 2. The summed E-state index contributed by atoms with van der Waals surface area (Å²) in [5.41, 5.74) is 0.158. The Balaban J connectivity index is 1.41. The number of fused-ring (bicyclic) bond motifs is 1. The Morgan fingerprint density at radius 1 is 1.17 bits per heavy atom. The van der Waals surface area contributed by atoms with Gasteiger partial charge in [0.1, 0.15) is 18.4 Å². The summed E-state index contributed by atoms with van der Waals surface area (Å²) in [6.45, 7) is 0.221. The highest BCUT2D eigenvalue weighted by molar-refractivity contribution is 5.89. The topological polar surface area (TPSA) is 86.8 Å². The molecule has 1 atom stereocenters. The predicted molar refractivity (Wildman–Crippen MR) is 83.9 cm³/mol. The maximum atomic E-state index is 11.8. The fourth-order valence-corrected chi connectivity index (χ4v) is 2.13. The molecule has 1 amide bonds. The monoisotopic (exact) mass is 328 g/mol. The second-order valence-corrected chi connectivity index (χ2v) is 5.09. The number of esters is 1. The molecular weight excluding hydrogens is 312 g/mol. The summed E-state index contributed by atoms with van der Waals surface area (Å²) in [6, 6.07) is 12.2. The summed E-state index contributed by atoms with van der Waals surface area (Å²) in [4.78, 5) is 27.3. The van der Waals surface area contributed by atoms with E-state index < -0.39 is 11.9 Å². The molecule has 2 heterocycles. The third-order valence-corrected chi connectivity index (χ3v) is 3.30. The molecule has 1 aliphatic rings. The van der Waals surface area contributed by atoms with E-state index in [-0.39, 0.29) is 24.9 Å². The molecule has 0 unspecified atom stereocenters. The van der Waals surface area contributed by atoms with Gasteiger partial charge in [-0.2, -0.15) is 0 Å². The summed E-state index contributed by atoms with van der Waals surface area (Å²) in [5, 5.41) is 2.65. The van der Waals surface area contributed by atoms with E-state index in [4.69, 9.17) is 14.2 Å². The van der Waals surface area contributed by atoms with Crippen LogP contribution in [0.5, 0.6) is 11.5 Å². The molecule has 24 heavy (non-hydrogen) atoms. The van der Waals surface area contributed by atoms with Crippen molar-refractivity contribution in [2.45, 2.75) is 6.10 Å². The van der Waals surface area contributed by atoms with E-state index in [9.17, 15) is 9.59 Å². The Labute approximate surface area is 138 Å². The number of para-hydroxylation sites is 2. The van der Waals surface area contributed by atoms with Gasteiger partial charge < -0.3 is 19.5 Å². The van der Waals surface area contributed by atoms with Crippen molar-refractivity contribution in [3.05, 3.63) is 54.4 Å². The van der Waals surface area contributed by atoms with Crippen LogP contribution in [0.1, 0.15) is 10.5 Å². The first-order valence-corrected chi connectivity index (χ1v) is 7.46. The van der Waals surface area contributed by atoms with Crippen molar-refractivity contribution >= 4 is 11.9 Å². The number of ether oxygens (including phenoxy) is 3. The van der Waals surface area contributed by atoms with Gasteiger partial charge in [-0.05, 0) is 24.3 Å². The minimum Gasteiger partial charge on any atom is -0.486 e. The van der Waals surface area contributed by atoms with Crippen molar-refractivity contribution in [3.63, 3.8) is 0 Å². The Kier molecular flexibility index (Phi) is 4.90. The molecule has 0 aliphatic carbocycles. The van der Waals surface area contributed by atoms with E-state index in [0.717, 1.165) is 0 Å². The Hall–Kier alpha value is -3.09. The van der Waals surface area contributed by atoms with Crippen LogP contribution in [0.2, 0.25) is 0 Å². The molecule has 124 valence electrons. The average molecular weight is 328 g/mol. The summed E-state index contributed by atoms with van der Waals surface area (Å²) in [6.07, 6.45) is 1.19. The van der Waals surface area contributed by atoms with Crippen molar-refractivity contribution in [3.8, 4) is 11.5 Å². The molecule has 2 aromatic rings. The number of hydrogen-bond acceptors (Lipinski definition) is 6. The Morgan fingerprint density at radius 2 is 1.96 bits per heavy atom. The highest BCUT2D eigenvalue weighted by Gasteiger charge is 2.21. The number of rotatable bonds is 5. The molecule has 7 heteroatoms. The molecular formula is C17H16N2O5. The molecule has 1 aliphatic heterocycles. The molecule has 0 radical (unpaired) electrons. The first-order chi connectivity index (χ1) is 11.7. The zero-order chi connectivity index (χ0) is 16.8. The number of aromatic nitrogens is 1. The SMILES string of the molecule is O=C(COC(=O)c1ccccn1)NC[C@@H]1COc2ccccc2O1. The van der Waals surface area contributed by atoms with E-state index in [2.05, 4.69) is 10.3 Å². The van der Waals surface area contributed by atoms with Crippen molar-refractivity contribution in [1.82, 2.24) is 10.3 Å². The van der Waals surface area contributed by atoms with E-state index in [0.29, 0.717) is 18.1 Å². The van der Waals surface area contributed by atoms with Crippen LogP contribution >= 0.6 is 0 Å². The molecule has 0 spiro atoms. The minimum atomic E-state index is -0.642. The van der Waals surface area contributed by atoms with Gasteiger partial charge >= 0.3 is 5.97 Å². The number of nitrogens with zero attached hydrogens (tertiary/aromatic N) is 1. The van der Waals surface area contributed by atoms with Crippen LogP contribution in [0.15, 0.2) is 48.7 Å². The molecule has 0 saturated carbocycles. The van der Waals surface area contributed by atoms with Gasteiger partial charge in [-0.25, -0.2) is 9.78 Å². The van der Waals surface area contributed by atoms with Gasteiger partial charge in [0.2, 0.25) is 0 Å². The smallest absolute Gasteiger partial charge is 0.357 e. The second kappa shape index (κ2) is 7.45. The number of hydrogen-bond donors (Lipinski definition) is 1. The quantitative estimate of drug-likeness (QED) is 0.830. The molecule has 0 bridgehead atoms. The minimum absolute atomic E-state index is 0.158. The molecule has 7 nitrogen and oxygen atoms in total. The fourth-order valence-electron chi connectivity index (χ4n) is 2.13. The summed E-state index contributed by atoms with van der Waals surface area (Å²) in [5.74, 6) is 0.271. The third kappa shape index (κ3) is 4.01. The maximum Gasteiger partial charge on any atom is 0.357 e. The lowest BCUT2D eigenvalue weighted by Crippen LogP contribution is -2.42. The largest absolute Gasteiger partial charge is 0.486 e. The molecule has 0 saturated heterocycles. The average Bonchev–Trinajstić information content (AvgIpc) is 2.65. The summed E-state index contributed by atoms with van der Waals surface area (Å²) >= 11 is 0. The van der Waals surface area contributed by atoms with Crippen LogP contribution < -0.4 is 14.8 Å². The highest BCUT2D eigenvalue weighted by Crippen LogP contribution is 2.30. The standard InChI is InChI=1S/C17H16N2O5/c20-16(11-23-17(21)13-5-3-4-8-18-13)19-9-12-10-22-14-6-1-2-7-15(14)24-12/h1-8,12H,9-11H2,(H,19,20)/t12-/m1/s1. The normalized spacial score (nSPS) is 15.4. The van der Waals surface area contributed by atoms with Crippen LogP contribution in [0, 0.1) is 0 Å². The lowest BCUT2D eigenvalue weighted by atomic mass is 10.2. The summed E-state index contributed by atoms with van der Waals surface area (Å²) in [7, 11) is 0. The number of benzene rings is 1. The van der Waals surface area contributed by atoms with Gasteiger partial charge in [0.25, 0.3) is 5.91 Å². The highest BCUT2D eigenvalue weighted by atomic mass is 16.6. The van der Waals surface area contributed by atoms with Crippen molar-refractivity contribution in [2.24, 2.45) is 0 Å². The van der Waals surface area contributed by atoms with Crippen molar-refractivity contribution in [1.29, 1.82) is 0 Å². The molecule has 1 aromatic carbocycles. The number of carbonyl (C=O) groups is 2. The number of nitrogens with one attached hydrogen (secondary N) is 1. The van der Waals surface area contributed by atoms with Crippen molar-refractivity contribution in [2.75, 3.05) is 19.8 Å². The zero-order valence-electron chi connectivity index (χ0n) is 12.8. The summed E-state index contributed by atoms with van der Waals surface area (Å²) < 4.78 is 16.2.